The average Bonchev–Trinajstić information content (AvgIpc) is 3.00. The lowest BCUT2D eigenvalue weighted by Crippen LogP contribution is -2.10. The molecule has 0 saturated heterocycles. The summed E-state index contributed by atoms with van der Waals surface area (Å²) in [7, 11) is 0. The third kappa shape index (κ3) is 4.69. The normalized spacial score (nSPS) is 12.1. The van der Waals surface area contributed by atoms with Crippen LogP contribution in [0.25, 0.3) is 11.4 Å². The number of nitrogens with one attached hydrogen (secondary N) is 1. The maximum atomic E-state index is 12.3. The standard InChI is InChI=1S/C20H20F2N4OS/c1-20(2,3)15-8-4-13(5-9-15)12-23-26-17(24-25-19(26)28)14-6-10-16(11-7-14)27-18(21)22/h4-12,18H,1-3H3,(H,25,28). The fraction of sp³-hybridized carbons (Fsp3) is 0.250. The first-order valence-corrected chi connectivity index (χ1v) is 9.02. The van der Waals surface area contributed by atoms with Crippen LogP contribution in [0, 0.1) is 4.77 Å². The maximum Gasteiger partial charge on any atom is 0.387 e. The molecule has 0 fully saturated rings. The number of rotatable bonds is 5. The van der Waals surface area contributed by atoms with Gasteiger partial charge in [-0.15, -0.1) is 0 Å². The molecule has 0 spiro atoms. The Kier molecular flexibility index (Phi) is 5.69. The van der Waals surface area contributed by atoms with E-state index >= 15 is 0 Å². The summed E-state index contributed by atoms with van der Waals surface area (Å²) in [5, 5.41) is 11.3. The molecule has 1 aromatic heterocycles. The summed E-state index contributed by atoms with van der Waals surface area (Å²) in [6.45, 7) is 3.61. The molecule has 0 saturated carbocycles. The lowest BCUT2D eigenvalue weighted by Gasteiger charge is -2.18. The zero-order chi connectivity index (χ0) is 20.3. The van der Waals surface area contributed by atoms with Crippen molar-refractivity contribution >= 4 is 18.4 Å². The zero-order valence-electron chi connectivity index (χ0n) is 15.7. The second-order valence-electron chi connectivity index (χ2n) is 7.18. The largest absolute Gasteiger partial charge is 0.435 e. The van der Waals surface area contributed by atoms with Gasteiger partial charge in [0.15, 0.2) is 5.82 Å². The van der Waals surface area contributed by atoms with E-state index in [1.54, 1.807) is 18.3 Å². The van der Waals surface area contributed by atoms with Crippen LogP contribution in [0.4, 0.5) is 8.78 Å². The van der Waals surface area contributed by atoms with Crippen molar-refractivity contribution in [2.75, 3.05) is 0 Å². The van der Waals surface area contributed by atoms with E-state index in [0.29, 0.717) is 16.2 Å². The van der Waals surface area contributed by atoms with Crippen LogP contribution in [-0.4, -0.2) is 27.7 Å². The van der Waals surface area contributed by atoms with Crippen LogP contribution < -0.4 is 4.74 Å². The molecule has 1 N–H and O–H groups in total. The lowest BCUT2D eigenvalue weighted by molar-refractivity contribution is -0.0498. The van der Waals surface area contributed by atoms with Crippen LogP contribution in [0.1, 0.15) is 31.9 Å². The zero-order valence-corrected chi connectivity index (χ0v) is 16.5. The highest BCUT2D eigenvalue weighted by atomic mass is 32.1. The van der Waals surface area contributed by atoms with Crippen molar-refractivity contribution in [1.82, 2.24) is 14.9 Å². The van der Waals surface area contributed by atoms with Crippen LogP contribution in [0.15, 0.2) is 53.6 Å². The fourth-order valence-corrected chi connectivity index (χ4v) is 2.74. The molecule has 0 atom stereocenters. The molecule has 8 heteroatoms. The van der Waals surface area contributed by atoms with E-state index in [0.717, 1.165) is 5.56 Å². The van der Waals surface area contributed by atoms with E-state index in [1.807, 2.05) is 12.1 Å². The molecular formula is C20H20F2N4OS. The lowest BCUT2D eigenvalue weighted by atomic mass is 9.87. The third-order valence-electron chi connectivity index (χ3n) is 4.09. The van der Waals surface area contributed by atoms with Crippen LogP contribution in [0.3, 0.4) is 0 Å². The SMILES string of the molecule is CC(C)(C)c1ccc(C=Nn2c(-c3ccc(OC(F)F)cc3)n[nH]c2=S)cc1. The molecule has 3 rings (SSSR count). The Bertz CT molecular complexity index is 1020. The van der Waals surface area contributed by atoms with E-state index < -0.39 is 6.61 Å². The second-order valence-corrected chi connectivity index (χ2v) is 7.57. The molecule has 28 heavy (non-hydrogen) atoms. The number of aromatic nitrogens is 3. The van der Waals surface area contributed by atoms with Gasteiger partial charge in [-0.25, -0.2) is 5.10 Å². The quantitative estimate of drug-likeness (QED) is 0.460. The minimum absolute atomic E-state index is 0.0712. The summed E-state index contributed by atoms with van der Waals surface area (Å²) in [6.07, 6.45) is 1.69. The third-order valence-corrected chi connectivity index (χ3v) is 4.35. The highest BCUT2D eigenvalue weighted by molar-refractivity contribution is 7.71. The Morgan fingerprint density at radius 1 is 1.11 bits per heavy atom. The molecule has 3 aromatic rings. The Balaban J connectivity index is 1.85. The Morgan fingerprint density at radius 2 is 1.75 bits per heavy atom. The van der Waals surface area contributed by atoms with E-state index in [2.05, 4.69) is 52.9 Å². The number of H-pyrrole nitrogens is 1. The smallest absolute Gasteiger partial charge is 0.387 e. The number of ether oxygens (including phenoxy) is 1. The Labute approximate surface area is 166 Å². The Morgan fingerprint density at radius 3 is 2.32 bits per heavy atom. The topological polar surface area (TPSA) is 55.2 Å². The van der Waals surface area contributed by atoms with Crippen molar-refractivity contribution in [3.05, 3.63) is 64.4 Å². The van der Waals surface area contributed by atoms with Crippen molar-refractivity contribution in [3.63, 3.8) is 0 Å². The summed E-state index contributed by atoms with van der Waals surface area (Å²) in [6, 6.07) is 14.2. The van der Waals surface area contributed by atoms with Crippen LogP contribution in [0.5, 0.6) is 5.75 Å². The van der Waals surface area contributed by atoms with Crippen LogP contribution >= 0.6 is 12.2 Å². The molecule has 0 aliphatic heterocycles. The van der Waals surface area contributed by atoms with Gasteiger partial charge in [0.25, 0.3) is 0 Å². The first-order valence-electron chi connectivity index (χ1n) is 8.61. The van der Waals surface area contributed by atoms with Crippen LogP contribution in [0.2, 0.25) is 0 Å². The molecule has 0 amide bonds. The number of nitrogens with zero attached hydrogens (tertiary/aromatic N) is 3. The molecule has 0 aliphatic rings. The minimum atomic E-state index is -2.87. The maximum absolute atomic E-state index is 12.3. The van der Waals surface area contributed by atoms with Crippen LogP contribution in [-0.2, 0) is 5.41 Å². The van der Waals surface area contributed by atoms with Crippen molar-refractivity contribution < 1.29 is 13.5 Å². The highest BCUT2D eigenvalue weighted by Crippen LogP contribution is 2.23. The number of benzene rings is 2. The van der Waals surface area contributed by atoms with Crippen molar-refractivity contribution in [2.45, 2.75) is 32.8 Å². The van der Waals surface area contributed by atoms with E-state index in [-0.39, 0.29) is 11.2 Å². The van der Waals surface area contributed by atoms with Gasteiger partial charge in [-0.1, -0.05) is 45.0 Å². The fourth-order valence-electron chi connectivity index (χ4n) is 2.56. The van der Waals surface area contributed by atoms with Gasteiger partial charge < -0.3 is 4.74 Å². The molecule has 0 unspecified atom stereocenters. The van der Waals surface area contributed by atoms with Crippen molar-refractivity contribution in [1.29, 1.82) is 0 Å². The summed E-state index contributed by atoms with van der Waals surface area (Å²) in [5.74, 6) is 0.540. The summed E-state index contributed by atoms with van der Waals surface area (Å²) in [4.78, 5) is 0. The summed E-state index contributed by atoms with van der Waals surface area (Å²) < 4.78 is 30.7. The summed E-state index contributed by atoms with van der Waals surface area (Å²) >= 11 is 5.25. The monoisotopic (exact) mass is 402 g/mol. The van der Waals surface area contributed by atoms with Crippen molar-refractivity contribution in [2.24, 2.45) is 5.10 Å². The molecule has 146 valence electrons. The van der Waals surface area contributed by atoms with E-state index in [9.17, 15) is 8.78 Å². The number of hydrogen-bond donors (Lipinski definition) is 1. The Hall–Kier alpha value is -2.87. The van der Waals surface area contributed by atoms with Gasteiger partial charge in [-0.3, -0.25) is 0 Å². The number of alkyl halides is 2. The predicted octanol–water partition coefficient (Wildman–Crippen LogP) is 5.39. The predicted molar refractivity (Wildman–Crippen MR) is 108 cm³/mol. The van der Waals surface area contributed by atoms with Crippen molar-refractivity contribution in [3.8, 4) is 17.1 Å². The van der Waals surface area contributed by atoms with Gasteiger partial charge in [-0.2, -0.15) is 23.7 Å². The number of halogens is 2. The van der Waals surface area contributed by atoms with Gasteiger partial charge in [0.1, 0.15) is 5.75 Å². The minimum Gasteiger partial charge on any atom is -0.435 e. The number of hydrogen-bond acceptors (Lipinski definition) is 4. The van der Waals surface area contributed by atoms with E-state index in [4.69, 9.17) is 12.2 Å². The van der Waals surface area contributed by atoms with Gasteiger partial charge in [0.05, 0.1) is 6.21 Å². The van der Waals surface area contributed by atoms with Gasteiger partial charge in [0.2, 0.25) is 4.77 Å². The molecule has 5 nitrogen and oxygen atoms in total. The first-order chi connectivity index (χ1) is 13.2. The molecule has 0 bridgehead atoms. The average molecular weight is 402 g/mol. The molecule has 0 radical (unpaired) electrons. The van der Waals surface area contributed by atoms with Gasteiger partial charge in [0, 0.05) is 5.56 Å². The molecular weight excluding hydrogens is 382 g/mol. The van der Waals surface area contributed by atoms with Gasteiger partial charge in [-0.05, 0) is 53.0 Å². The molecule has 0 aliphatic carbocycles. The summed E-state index contributed by atoms with van der Waals surface area (Å²) in [5.41, 5.74) is 2.89. The van der Waals surface area contributed by atoms with Gasteiger partial charge >= 0.3 is 6.61 Å². The second kappa shape index (κ2) is 8.02. The first kappa shape index (κ1) is 19.9. The highest BCUT2D eigenvalue weighted by Gasteiger charge is 2.13. The van der Waals surface area contributed by atoms with E-state index in [1.165, 1.54) is 22.4 Å². The molecule has 1 heterocycles. The molecule has 2 aromatic carbocycles. The number of aromatic amines is 1.